The average molecular weight is 286 g/mol. The van der Waals surface area contributed by atoms with Crippen molar-refractivity contribution >= 4 is 5.91 Å². The number of aromatic nitrogens is 2. The second-order valence-corrected chi connectivity index (χ2v) is 4.85. The molecule has 0 aliphatic carbocycles. The first-order valence-corrected chi connectivity index (χ1v) is 7.05. The molecular weight excluding hydrogens is 268 g/mol. The molecule has 0 bridgehead atoms. The molecule has 6 nitrogen and oxygen atoms in total. The summed E-state index contributed by atoms with van der Waals surface area (Å²) < 4.78 is 5.63. The van der Waals surface area contributed by atoms with Crippen molar-refractivity contribution in [1.82, 2.24) is 20.6 Å². The normalized spacial score (nSPS) is 17.4. The van der Waals surface area contributed by atoms with Crippen molar-refractivity contribution in [3.8, 4) is 5.75 Å². The Balaban J connectivity index is 1.63. The van der Waals surface area contributed by atoms with Crippen LogP contribution in [0.5, 0.6) is 5.75 Å². The van der Waals surface area contributed by atoms with Crippen LogP contribution in [0.15, 0.2) is 36.7 Å². The first-order valence-electron chi connectivity index (χ1n) is 7.05. The average Bonchev–Trinajstić information content (AvgIpc) is 2.92. The highest BCUT2D eigenvalue weighted by atomic mass is 16.5. The van der Waals surface area contributed by atoms with Gasteiger partial charge in [-0.15, -0.1) is 0 Å². The Kier molecular flexibility index (Phi) is 4.16. The van der Waals surface area contributed by atoms with Crippen LogP contribution >= 0.6 is 0 Å². The van der Waals surface area contributed by atoms with Crippen molar-refractivity contribution in [2.75, 3.05) is 19.7 Å². The lowest BCUT2D eigenvalue weighted by atomic mass is 10.1. The zero-order chi connectivity index (χ0) is 14.5. The van der Waals surface area contributed by atoms with Crippen molar-refractivity contribution in [3.05, 3.63) is 48.0 Å². The minimum Gasteiger partial charge on any atom is -0.492 e. The van der Waals surface area contributed by atoms with Crippen LogP contribution < -0.4 is 15.4 Å². The van der Waals surface area contributed by atoms with Gasteiger partial charge >= 0.3 is 0 Å². The largest absolute Gasteiger partial charge is 0.492 e. The van der Waals surface area contributed by atoms with E-state index in [-0.39, 0.29) is 11.9 Å². The third-order valence-electron chi connectivity index (χ3n) is 3.42. The number of ether oxygens (including phenoxy) is 1. The number of imidazole rings is 1. The van der Waals surface area contributed by atoms with Crippen LogP contribution in [-0.4, -0.2) is 35.6 Å². The summed E-state index contributed by atoms with van der Waals surface area (Å²) in [5, 5.41) is 6.16. The molecule has 2 heterocycles. The van der Waals surface area contributed by atoms with E-state index in [0.717, 1.165) is 17.1 Å². The van der Waals surface area contributed by atoms with Crippen molar-refractivity contribution in [2.24, 2.45) is 0 Å². The van der Waals surface area contributed by atoms with Crippen molar-refractivity contribution in [1.29, 1.82) is 0 Å². The van der Waals surface area contributed by atoms with Crippen LogP contribution in [0.25, 0.3) is 0 Å². The molecular formula is C15H18N4O2. The van der Waals surface area contributed by atoms with Gasteiger partial charge in [-0.05, 0) is 6.07 Å². The van der Waals surface area contributed by atoms with Gasteiger partial charge < -0.3 is 15.0 Å². The quantitative estimate of drug-likeness (QED) is 0.776. The predicted molar refractivity (Wildman–Crippen MR) is 78.0 cm³/mol. The highest BCUT2D eigenvalue weighted by Crippen LogP contribution is 2.26. The Morgan fingerprint density at radius 1 is 1.43 bits per heavy atom. The van der Waals surface area contributed by atoms with E-state index in [2.05, 4.69) is 20.6 Å². The molecule has 110 valence electrons. The fourth-order valence-corrected chi connectivity index (χ4v) is 2.40. The summed E-state index contributed by atoms with van der Waals surface area (Å²) in [6.45, 7) is 1.76. The summed E-state index contributed by atoms with van der Waals surface area (Å²) in [6, 6.07) is 7.27. The number of carbonyl (C=O) groups is 1. The zero-order valence-corrected chi connectivity index (χ0v) is 11.6. The summed E-state index contributed by atoms with van der Waals surface area (Å²) in [6.07, 6.45) is 4.17. The zero-order valence-electron chi connectivity index (χ0n) is 11.6. The third kappa shape index (κ3) is 3.22. The van der Waals surface area contributed by atoms with Crippen molar-refractivity contribution in [3.63, 3.8) is 0 Å². The maximum Gasteiger partial charge on any atom is 0.241 e. The van der Waals surface area contributed by atoms with Crippen LogP contribution in [0, 0.1) is 0 Å². The number of rotatable bonds is 4. The van der Waals surface area contributed by atoms with E-state index in [4.69, 9.17) is 4.74 Å². The molecule has 6 heteroatoms. The van der Waals surface area contributed by atoms with E-state index in [9.17, 15) is 4.79 Å². The number of para-hydroxylation sites is 1. The van der Waals surface area contributed by atoms with Gasteiger partial charge in [0.05, 0.1) is 0 Å². The van der Waals surface area contributed by atoms with Crippen molar-refractivity contribution < 1.29 is 9.53 Å². The second-order valence-electron chi connectivity index (χ2n) is 4.85. The van der Waals surface area contributed by atoms with Gasteiger partial charge in [0.15, 0.2) is 0 Å². The lowest BCUT2D eigenvalue weighted by molar-refractivity contribution is -0.123. The first kappa shape index (κ1) is 13.6. The van der Waals surface area contributed by atoms with Crippen molar-refractivity contribution in [2.45, 2.75) is 12.5 Å². The third-order valence-corrected chi connectivity index (χ3v) is 3.42. The Bertz CT molecular complexity index is 597. The lowest BCUT2D eigenvalue weighted by Crippen LogP contribution is -2.38. The monoisotopic (exact) mass is 286 g/mol. The minimum absolute atomic E-state index is 0.0421. The molecule has 1 unspecified atom stereocenters. The topological polar surface area (TPSA) is 79.0 Å². The Labute approximate surface area is 122 Å². The van der Waals surface area contributed by atoms with Crippen LogP contribution in [0.3, 0.4) is 0 Å². The summed E-state index contributed by atoms with van der Waals surface area (Å²) >= 11 is 0. The van der Waals surface area contributed by atoms with Gasteiger partial charge in [-0.25, -0.2) is 4.98 Å². The Morgan fingerprint density at radius 2 is 2.33 bits per heavy atom. The Hall–Kier alpha value is -2.34. The molecule has 21 heavy (non-hydrogen) atoms. The van der Waals surface area contributed by atoms with E-state index < -0.39 is 0 Å². The molecule has 0 fully saturated rings. The number of fused-ring (bicyclic) bond motifs is 1. The molecule has 3 rings (SSSR count). The SMILES string of the molecule is O=C(NCCc1ncc[nH]1)C1NCCOc2ccccc21. The molecule has 0 saturated carbocycles. The Morgan fingerprint density at radius 3 is 3.19 bits per heavy atom. The second kappa shape index (κ2) is 6.41. The number of nitrogens with zero attached hydrogens (tertiary/aromatic N) is 1. The number of nitrogens with one attached hydrogen (secondary N) is 3. The molecule has 0 spiro atoms. The fourth-order valence-electron chi connectivity index (χ4n) is 2.40. The maximum absolute atomic E-state index is 12.4. The molecule has 1 aliphatic rings. The number of hydrogen-bond acceptors (Lipinski definition) is 4. The summed E-state index contributed by atoms with van der Waals surface area (Å²) in [7, 11) is 0. The molecule has 1 amide bonds. The molecule has 1 aromatic heterocycles. The van der Waals surface area contributed by atoms with E-state index in [0.29, 0.717) is 26.1 Å². The number of aromatic amines is 1. The van der Waals surface area contributed by atoms with Crippen LogP contribution in [-0.2, 0) is 11.2 Å². The van der Waals surface area contributed by atoms with Gasteiger partial charge in [0.25, 0.3) is 0 Å². The minimum atomic E-state index is -0.375. The smallest absolute Gasteiger partial charge is 0.241 e. The number of benzene rings is 1. The van der Waals surface area contributed by atoms with Gasteiger partial charge in [0.1, 0.15) is 24.2 Å². The van der Waals surface area contributed by atoms with E-state index in [1.807, 2.05) is 24.3 Å². The van der Waals surface area contributed by atoms with Gasteiger partial charge in [0.2, 0.25) is 5.91 Å². The van der Waals surface area contributed by atoms with E-state index in [1.54, 1.807) is 12.4 Å². The molecule has 1 atom stereocenters. The maximum atomic E-state index is 12.4. The molecule has 0 saturated heterocycles. The van der Waals surface area contributed by atoms with Gasteiger partial charge in [-0.2, -0.15) is 0 Å². The number of carbonyl (C=O) groups excluding carboxylic acids is 1. The van der Waals surface area contributed by atoms with Crippen LogP contribution in [0.4, 0.5) is 0 Å². The molecule has 0 radical (unpaired) electrons. The number of amides is 1. The molecule has 3 N–H and O–H groups in total. The van der Waals surface area contributed by atoms with Crippen LogP contribution in [0.2, 0.25) is 0 Å². The highest BCUT2D eigenvalue weighted by Gasteiger charge is 2.25. The lowest BCUT2D eigenvalue weighted by Gasteiger charge is -2.17. The number of hydrogen-bond donors (Lipinski definition) is 3. The van der Waals surface area contributed by atoms with Gasteiger partial charge in [-0.3, -0.25) is 10.1 Å². The summed E-state index contributed by atoms with van der Waals surface area (Å²) in [5.41, 5.74) is 0.880. The highest BCUT2D eigenvalue weighted by molar-refractivity contribution is 5.84. The summed E-state index contributed by atoms with van der Waals surface area (Å²) in [4.78, 5) is 19.5. The number of H-pyrrole nitrogens is 1. The predicted octanol–water partition coefficient (Wildman–Crippen LogP) is 0.792. The van der Waals surface area contributed by atoms with Crippen LogP contribution in [0.1, 0.15) is 17.4 Å². The first-order chi connectivity index (χ1) is 10.3. The molecule has 1 aliphatic heterocycles. The standard InChI is InChI=1S/C15H18N4O2/c20-15(19-6-5-13-16-7-8-17-13)14-11-3-1-2-4-12(11)21-10-9-18-14/h1-4,7-8,14,18H,5-6,9-10H2,(H,16,17)(H,19,20). The molecule has 1 aromatic carbocycles. The summed E-state index contributed by atoms with van der Waals surface area (Å²) in [5.74, 6) is 1.60. The van der Waals surface area contributed by atoms with Gasteiger partial charge in [0, 0.05) is 37.5 Å². The fraction of sp³-hybridized carbons (Fsp3) is 0.333. The van der Waals surface area contributed by atoms with Gasteiger partial charge in [-0.1, -0.05) is 18.2 Å². The molecule has 2 aromatic rings. The van der Waals surface area contributed by atoms with E-state index >= 15 is 0 Å². The van der Waals surface area contributed by atoms with E-state index in [1.165, 1.54) is 0 Å².